The third kappa shape index (κ3) is 6.31. The van der Waals surface area contributed by atoms with E-state index in [1.807, 2.05) is 0 Å². The molecule has 0 fully saturated rings. The number of methoxy groups -OCH3 is 2. The highest BCUT2D eigenvalue weighted by atomic mass is 16.6. The summed E-state index contributed by atoms with van der Waals surface area (Å²) in [4.78, 5) is 10.7. The zero-order valence-corrected chi connectivity index (χ0v) is 8.12. The minimum atomic E-state index is -0.431. The molecule has 0 aromatic rings. The van der Waals surface area contributed by atoms with Crippen LogP contribution < -0.4 is 0 Å². The van der Waals surface area contributed by atoms with E-state index in [1.165, 1.54) is 0 Å². The van der Waals surface area contributed by atoms with Gasteiger partial charge in [-0.2, -0.15) is 0 Å². The van der Waals surface area contributed by atoms with Gasteiger partial charge in [0.15, 0.2) is 0 Å². The van der Waals surface area contributed by atoms with Gasteiger partial charge in [-0.05, 0) is 0 Å². The number of carbonyl (C=O) groups excluding carboxylic acids is 1. The number of carbonyl (C=O) groups is 1. The molecule has 0 aromatic carbocycles. The van der Waals surface area contributed by atoms with E-state index >= 15 is 0 Å². The summed E-state index contributed by atoms with van der Waals surface area (Å²) < 4.78 is 14.7. The Kier molecular flexibility index (Phi) is 7.24. The summed E-state index contributed by atoms with van der Waals surface area (Å²) in [6, 6.07) is 0. The van der Waals surface area contributed by atoms with Crippen LogP contribution in [-0.2, 0) is 19.0 Å². The molecule has 0 rings (SSSR count). The number of hydrogen-bond acceptors (Lipinski definition) is 4. The predicted octanol–water partition coefficient (Wildman–Crippen LogP) is 0.767. The molecule has 0 spiro atoms. The lowest BCUT2D eigenvalue weighted by molar-refractivity contribution is -0.141. The molecule has 0 heterocycles. The lowest BCUT2D eigenvalue weighted by Gasteiger charge is -2.13. The van der Waals surface area contributed by atoms with E-state index in [4.69, 9.17) is 14.2 Å². The van der Waals surface area contributed by atoms with Gasteiger partial charge in [0, 0.05) is 33.3 Å². The van der Waals surface area contributed by atoms with Crippen LogP contribution in [0.1, 0.15) is 6.42 Å². The second kappa shape index (κ2) is 7.76. The Morgan fingerprint density at radius 2 is 2.23 bits per heavy atom. The average molecular weight is 188 g/mol. The molecule has 0 aliphatic rings. The summed E-state index contributed by atoms with van der Waals surface area (Å²) in [6.45, 7) is 4.11. The van der Waals surface area contributed by atoms with Crippen LogP contribution in [0.4, 0.5) is 0 Å². The van der Waals surface area contributed by atoms with Crippen molar-refractivity contribution in [2.75, 3.05) is 27.4 Å². The lowest BCUT2D eigenvalue weighted by atomic mass is 10.3. The van der Waals surface area contributed by atoms with E-state index in [-0.39, 0.29) is 12.7 Å². The zero-order valence-electron chi connectivity index (χ0n) is 8.12. The van der Waals surface area contributed by atoms with E-state index in [2.05, 4.69) is 6.58 Å². The summed E-state index contributed by atoms with van der Waals surface area (Å²) in [5.74, 6) is -0.431. The highest BCUT2D eigenvalue weighted by Gasteiger charge is 2.08. The molecule has 4 heteroatoms. The normalized spacial score (nSPS) is 12.2. The van der Waals surface area contributed by atoms with E-state index in [0.717, 1.165) is 6.08 Å². The van der Waals surface area contributed by atoms with Gasteiger partial charge in [-0.3, -0.25) is 0 Å². The van der Waals surface area contributed by atoms with Crippen LogP contribution in [0.3, 0.4) is 0 Å². The predicted molar refractivity (Wildman–Crippen MR) is 48.4 cm³/mol. The van der Waals surface area contributed by atoms with Gasteiger partial charge in [-0.15, -0.1) is 0 Å². The summed E-state index contributed by atoms with van der Waals surface area (Å²) in [6.07, 6.45) is 1.73. The topological polar surface area (TPSA) is 44.8 Å². The number of esters is 1. The van der Waals surface area contributed by atoms with Crippen molar-refractivity contribution in [2.24, 2.45) is 0 Å². The first-order valence-electron chi connectivity index (χ1n) is 4.05. The van der Waals surface area contributed by atoms with Gasteiger partial charge in [-0.1, -0.05) is 6.58 Å². The minimum absolute atomic E-state index is 0.108. The van der Waals surface area contributed by atoms with Crippen LogP contribution >= 0.6 is 0 Å². The van der Waals surface area contributed by atoms with E-state index in [9.17, 15) is 4.79 Å². The van der Waals surface area contributed by atoms with Crippen LogP contribution in [-0.4, -0.2) is 39.5 Å². The fraction of sp³-hybridized carbons (Fsp3) is 0.667. The first-order chi connectivity index (χ1) is 6.24. The molecule has 0 N–H and O–H groups in total. The second-order valence-electron chi connectivity index (χ2n) is 2.47. The van der Waals surface area contributed by atoms with Crippen LogP contribution in [0, 0.1) is 0 Å². The number of rotatable bonds is 7. The third-order valence-corrected chi connectivity index (χ3v) is 1.56. The Bertz CT molecular complexity index is 156. The Morgan fingerprint density at radius 1 is 1.54 bits per heavy atom. The number of ether oxygens (including phenoxy) is 3. The van der Waals surface area contributed by atoms with Crippen molar-refractivity contribution in [2.45, 2.75) is 12.5 Å². The van der Waals surface area contributed by atoms with Crippen molar-refractivity contribution in [1.29, 1.82) is 0 Å². The third-order valence-electron chi connectivity index (χ3n) is 1.56. The fourth-order valence-electron chi connectivity index (χ4n) is 0.753. The second-order valence-corrected chi connectivity index (χ2v) is 2.47. The largest absolute Gasteiger partial charge is 0.460 e. The quantitative estimate of drug-likeness (QED) is 0.437. The van der Waals surface area contributed by atoms with Gasteiger partial charge in [0.25, 0.3) is 0 Å². The fourth-order valence-corrected chi connectivity index (χ4v) is 0.753. The highest BCUT2D eigenvalue weighted by Crippen LogP contribution is 1.98. The molecule has 13 heavy (non-hydrogen) atoms. The van der Waals surface area contributed by atoms with Crippen LogP contribution in [0.5, 0.6) is 0 Å². The molecule has 0 saturated heterocycles. The molecule has 0 radical (unpaired) electrons. The van der Waals surface area contributed by atoms with Crippen molar-refractivity contribution in [3.05, 3.63) is 12.7 Å². The SMILES string of the molecule is C=CC(=O)OCC(CCOC)OC. The van der Waals surface area contributed by atoms with E-state index in [1.54, 1.807) is 14.2 Å². The van der Waals surface area contributed by atoms with Gasteiger partial charge in [0.05, 0.1) is 6.10 Å². The summed E-state index contributed by atoms with van der Waals surface area (Å²) in [5.41, 5.74) is 0. The van der Waals surface area contributed by atoms with Crippen molar-refractivity contribution in [3.63, 3.8) is 0 Å². The number of hydrogen-bond donors (Lipinski definition) is 0. The highest BCUT2D eigenvalue weighted by molar-refractivity contribution is 5.81. The molecular formula is C9H16O4. The maximum absolute atomic E-state index is 10.7. The van der Waals surface area contributed by atoms with Crippen LogP contribution in [0.2, 0.25) is 0 Å². The van der Waals surface area contributed by atoms with Gasteiger partial charge in [-0.25, -0.2) is 4.79 Å². The Balaban J connectivity index is 3.58. The maximum Gasteiger partial charge on any atom is 0.330 e. The summed E-state index contributed by atoms with van der Waals surface area (Å²) >= 11 is 0. The van der Waals surface area contributed by atoms with Gasteiger partial charge in [0.1, 0.15) is 6.61 Å². The van der Waals surface area contributed by atoms with E-state index < -0.39 is 5.97 Å². The van der Waals surface area contributed by atoms with Gasteiger partial charge in [0.2, 0.25) is 0 Å². The minimum Gasteiger partial charge on any atom is -0.460 e. The molecule has 76 valence electrons. The molecule has 0 aliphatic heterocycles. The Labute approximate surface area is 78.5 Å². The van der Waals surface area contributed by atoms with E-state index in [0.29, 0.717) is 13.0 Å². The maximum atomic E-state index is 10.7. The molecule has 0 aliphatic carbocycles. The molecule has 4 nitrogen and oxygen atoms in total. The van der Waals surface area contributed by atoms with Crippen molar-refractivity contribution in [1.82, 2.24) is 0 Å². The first kappa shape index (κ1) is 12.1. The molecule has 0 aromatic heterocycles. The smallest absolute Gasteiger partial charge is 0.330 e. The van der Waals surface area contributed by atoms with Gasteiger partial charge >= 0.3 is 5.97 Å². The molecular weight excluding hydrogens is 172 g/mol. The average Bonchev–Trinajstić information content (AvgIpc) is 2.17. The summed E-state index contributed by atoms with van der Waals surface area (Å²) in [7, 11) is 3.19. The van der Waals surface area contributed by atoms with Crippen molar-refractivity contribution < 1.29 is 19.0 Å². The molecule has 1 unspecified atom stereocenters. The Morgan fingerprint density at radius 3 is 2.69 bits per heavy atom. The molecule has 0 amide bonds. The zero-order chi connectivity index (χ0) is 10.1. The molecule has 0 bridgehead atoms. The molecule has 0 saturated carbocycles. The standard InChI is InChI=1S/C9H16O4/c1-4-9(10)13-7-8(12-3)5-6-11-2/h4,8H,1,5-7H2,2-3H3. The monoisotopic (exact) mass is 188 g/mol. The molecule has 1 atom stereocenters. The Hall–Kier alpha value is -0.870. The van der Waals surface area contributed by atoms with Crippen LogP contribution in [0.25, 0.3) is 0 Å². The van der Waals surface area contributed by atoms with Gasteiger partial charge < -0.3 is 14.2 Å². The lowest BCUT2D eigenvalue weighted by Crippen LogP contribution is -2.21. The summed E-state index contributed by atoms with van der Waals surface area (Å²) in [5, 5.41) is 0. The first-order valence-corrected chi connectivity index (χ1v) is 4.05. The van der Waals surface area contributed by atoms with Crippen molar-refractivity contribution in [3.8, 4) is 0 Å². The van der Waals surface area contributed by atoms with Crippen LogP contribution in [0.15, 0.2) is 12.7 Å². The van der Waals surface area contributed by atoms with Crippen molar-refractivity contribution >= 4 is 5.97 Å².